The summed E-state index contributed by atoms with van der Waals surface area (Å²) in [7, 11) is 0. The largest absolute Gasteiger partial charge is 0.343 e. The molecule has 29 heavy (non-hydrogen) atoms. The molecule has 0 aliphatic carbocycles. The number of aromatic amines is 1. The highest BCUT2D eigenvalue weighted by Crippen LogP contribution is 2.35. The first-order valence-corrected chi connectivity index (χ1v) is 8.99. The van der Waals surface area contributed by atoms with Crippen LogP contribution in [0.4, 0.5) is 0 Å². The van der Waals surface area contributed by atoms with E-state index < -0.39 is 11.5 Å². The highest BCUT2D eigenvalue weighted by Gasteiger charge is 2.30. The maximum Gasteiger partial charge on any atom is 0.270 e. The minimum atomic E-state index is -0.479. The van der Waals surface area contributed by atoms with Crippen molar-refractivity contribution in [1.29, 1.82) is 0 Å². The molecule has 1 amide bonds. The van der Waals surface area contributed by atoms with Crippen LogP contribution in [0.15, 0.2) is 56.7 Å². The summed E-state index contributed by atoms with van der Waals surface area (Å²) >= 11 is 0. The van der Waals surface area contributed by atoms with Gasteiger partial charge >= 0.3 is 0 Å². The summed E-state index contributed by atoms with van der Waals surface area (Å²) in [5.74, 6) is -0.124. The fourth-order valence-corrected chi connectivity index (χ4v) is 3.00. The smallest absolute Gasteiger partial charge is 0.270 e. The van der Waals surface area contributed by atoms with Crippen molar-refractivity contribution in [2.24, 2.45) is 5.41 Å². The number of carbonyl (C=O) groups excluding carboxylic acids is 1. The molecule has 3 aromatic heterocycles. The van der Waals surface area contributed by atoms with Crippen LogP contribution in [-0.4, -0.2) is 25.8 Å². The van der Waals surface area contributed by atoms with Gasteiger partial charge in [0.2, 0.25) is 11.2 Å². The molecule has 2 N–H and O–H groups in total. The second kappa shape index (κ2) is 7.01. The third-order valence-corrected chi connectivity index (χ3v) is 4.42. The van der Waals surface area contributed by atoms with Gasteiger partial charge in [0.25, 0.3) is 11.5 Å². The number of fused-ring (bicyclic) bond motifs is 1. The quantitative estimate of drug-likeness (QED) is 0.510. The lowest BCUT2D eigenvalue weighted by molar-refractivity contribution is 0.0586. The van der Waals surface area contributed by atoms with Gasteiger partial charge in [0, 0.05) is 18.5 Å². The average molecular weight is 393 g/mol. The number of aromatic nitrogens is 4. The van der Waals surface area contributed by atoms with Crippen molar-refractivity contribution in [1.82, 2.24) is 25.3 Å². The molecule has 0 aliphatic rings. The van der Waals surface area contributed by atoms with Gasteiger partial charge < -0.3 is 10.3 Å². The van der Waals surface area contributed by atoms with E-state index in [0.29, 0.717) is 11.2 Å². The average Bonchev–Trinajstić information content (AvgIpc) is 2.66. The van der Waals surface area contributed by atoms with Crippen molar-refractivity contribution in [3.05, 3.63) is 64.3 Å². The summed E-state index contributed by atoms with van der Waals surface area (Å²) < 4.78 is 9.83. The van der Waals surface area contributed by atoms with Crippen LogP contribution < -0.4 is 10.9 Å². The van der Waals surface area contributed by atoms with Crippen LogP contribution in [0.2, 0.25) is 0 Å². The lowest BCUT2D eigenvalue weighted by Gasteiger charge is -2.32. The molecule has 0 fully saturated rings. The van der Waals surface area contributed by atoms with E-state index >= 15 is 0 Å². The molecular formula is C20H19N5O4. The standard InChI is InChI=1S/C20H19N5O4/c1-20(2,3)16(11-5-6-13-14(9-11)29-28-13)25-19(27)12-10-15(26)24-18(23-12)17-21-7-4-8-22-17/h4-10,16H,1-3H3,(H,25,27)(H,23,24,26)/t16-/m0/s1. The summed E-state index contributed by atoms with van der Waals surface area (Å²) in [5, 5.41) is 2.97. The maximum atomic E-state index is 13.0. The van der Waals surface area contributed by atoms with Crippen LogP contribution in [0.5, 0.6) is 0 Å². The Labute approximate surface area is 165 Å². The van der Waals surface area contributed by atoms with E-state index in [1.807, 2.05) is 32.9 Å². The Kier molecular flexibility index (Phi) is 4.50. The van der Waals surface area contributed by atoms with Gasteiger partial charge in [-0.25, -0.2) is 15.0 Å². The number of nitrogens with one attached hydrogen (secondary N) is 2. The third kappa shape index (κ3) is 3.79. The zero-order valence-electron chi connectivity index (χ0n) is 16.1. The number of hydrogen-bond donors (Lipinski definition) is 2. The van der Waals surface area contributed by atoms with E-state index in [9.17, 15) is 9.59 Å². The van der Waals surface area contributed by atoms with Gasteiger partial charge in [-0.2, -0.15) is 0 Å². The van der Waals surface area contributed by atoms with E-state index in [-0.39, 0.29) is 28.8 Å². The molecule has 4 rings (SSSR count). The normalized spacial score (nSPS) is 12.8. The van der Waals surface area contributed by atoms with Gasteiger partial charge in [-0.1, -0.05) is 26.8 Å². The second-order valence-electron chi connectivity index (χ2n) is 7.70. The molecule has 1 atom stereocenters. The van der Waals surface area contributed by atoms with Crippen LogP contribution >= 0.6 is 0 Å². The molecule has 9 nitrogen and oxygen atoms in total. The number of H-pyrrole nitrogens is 1. The van der Waals surface area contributed by atoms with Crippen LogP contribution in [0.25, 0.3) is 22.8 Å². The first-order chi connectivity index (χ1) is 13.8. The van der Waals surface area contributed by atoms with Crippen molar-refractivity contribution >= 4 is 17.1 Å². The molecule has 148 valence electrons. The third-order valence-electron chi connectivity index (χ3n) is 4.42. The van der Waals surface area contributed by atoms with Crippen molar-refractivity contribution in [2.45, 2.75) is 26.8 Å². The Balaban J connectivity index is 1.66. The number of hydrogen-bond acceptors (Lipinski definition) is 7. The van der Waals surface area contributed by atoms with Gasteiger partial charge in [-0.05, 0) is 29.2 Å². The predicted molar refractivity (Wildman–Crippen MR) is 104 cm³/mol. The highest BCUT2D eigenvalue weighted by molar-refractivity contribution is 5.93. The van der Waals surface area contributed by atoms with Gasteiger partial charge in [0.1, 0.15) is 5.69 Å². The summed E-state index contributed by atoms with van der Waals surface area (Å²) in [4.78, 5) is 39.9. The van der Waals surface area contributed by atoms with E-state index in [1.165, 1.54) is 12.4 Å². The Morgan fingerprint density at radius 3 is 2.45 bits per heavy atom. The summed E-state index contributed by atoms with van der Waals surface area (Å²) in [5.41, 5.74) is 1.31. The lowest BCUT2D eigenvalue weighted by atomic mass is 9.82. The van der Waals surface area contributed by atoms with E-state index in [1.54, 1.807) is 12.1 Å². The SMILES string of the molecule is CC(C)(C)[C@@H](NC(=O)c1cc(=O)[nH]c(-c2ncccn2)n1)c1ccc2ooc2c1. The molecule has 3 heterocycles. The number of carbonyl (C=O) groups is 1. The van der Waals surface area contributed by atoms with Crippen LogP contribution in [-0.2, 0) is 0 Å². The van der Waals surface area contributed by atoms with Crippen LogP contribution in [0.1, 0.15) is 42.9 Å². The molecule has 4 aromatic rings. The summed E-state index contributed by atoms with van der Waals surface area (Å²) in [6.45, 7) is 6.01. The molecule has 9 heteroatoms. The zero-order chi connectivity index (χ0) is 20.6. The molecule has 0 saturated heterocycles. The molecule has 1 aromatic carbocycles. The number of rotatable bonds is 4. The van der Waals surface area contributed by atoms with Gasteiger partial charge in [0.05, 0.1) is 6.04 Å². The molecule has 0 unspecified atom stereocenters. The first kappa shape index (κ1) is 18.6. The number of nitrogens with zero attached hydrogens (tertiary/aromatic N) is 3. The van der Waals surface area contributed by atoms with E-state index in [4.69, 9.17) is 9.15 Å². The van der Waals surface area contributed by atoms with Crippen LogP contribution in [0.3, 0.4) is 0 Å². The molecule has 0 saturated carbocycles. The predicted octanol–water partition coefficient (Wildman–Crippen LogP) is 3.08. The van der Waals surface area contributed by atoms with Crippen molar-refractivity contribution in [2.75, 3.05) is 0 Å². The Bertz CT molecular complexity index is 1220. The fraction of sp³-hybridized carbons (Fsp3) is 0.250. The lowest BCUT2D eigenvalue weighted by Crippen LogP contribution is -2.37. The van der Waals surface area contributed by atoms with Crippen molar-refractivity contribution in [3.8, 4) is 11.6 Å². The fourth-order valence-electron chi connectivity index (χ4n) is 3.00. The second-order valence-corrected chi connectivity index (χ2v) is 7.70. The van der Waals surface area contributed by atoms with Crippen molar-refractivity contribution < 1.29 is 13.9 Å². The maximum absolute atomic E-state index is 13.0. The molecule has 0 radical (unpaired) electrons. The van der Waals surface area contributed by atoms with Gasteiger partial charge in [0.15, 0.2) is 11.6 Å². The zero-order valence-corrected chi connectivity index (χ0v) is 16.1. The summed E-state index contributed by atoms with van der Waals surface area (Å²) in [6, 6.07) is 7.91. The molecule has 0 aliphatic heterocycles. The Morgan fingerprint density at radius 1 is 1.10 bits per heavy atom. The molecule has 0 spiro atoms. The van der Waals surface area contributed by atoms with Gasteiger partial charge in [-0.3, -0.25) is 18.7 Å². The minimum absolute atomic E-state index is 0.0195. The molecular weight excluding hydrogens is 374 g/mol. The Hall–Kier alpha value is -3.75. The molecule has 0 bridgehead atoms. The van der Waals surface area contributed by atoms with E-state index in [2.05, 4.69) is 25.3 Å². The minimum Gasteiger partial charge on any atom is -0.343 e. The van der Waals surface area contributed by atoms with Crippen molar-refractivity contribution in [3.63, 3.8) is 0 Å². The van der Waals surface area contributed by atoms with E-state index in [0.717, 1.165) is 11.6 Å². The first-order valence-electron chi connectivity index (χ1n) is 8.99. The topological polar surface area (TPSA) is 127 Å². The highest BCUT2D eigenvalue weighted by atomic mass is 17.0. The van der Waals surface area contributed by atoms with Crippen LogP contribution in [0, 0.1) is 5.41 Å². The van der Waals surface area contributed by atoms with Gasteiger partial charge in [-0.15, -0.1) is 0 Å². The monoisotopic (exact) mass is 393 g/mol. The number of amides is 1. The number of benzene rings is 1. The summed E-state index contributed by atoms with van der Waals surface area (Å²) in [6.07, 6.45) is 3.06. The Morgan fingerprint density at radius 2 is 1.83 bits per heavy atom.